The minimum atomic E-state index is -1.15. The van der Waals surface area contributed by atoms with E-state index in [2.05, 4.69) is 16.5 Å². The minimum absolute atomic E-state index is 0.263. The van der Waals surface area contributed by atoms with Crippen molar-refractivity contribution in [3.63, 3.8) is 0 Å². The van der Waals surface area contributed by atoms with Gasteiger partial charge >= 0.3 is 0 Å². The van der Waals surface area contributed by atoms with Crippen molar-refractivity contribution in [3.8, 4) is 17.3 Å². The smallest absolute Gasteiger partial charge is 0.181 e. The zero-order valence-corrected chi connectivity index (χ0v) is 15.7. The van der Waals surface area contributed by atoms with Gasteiger partial charge in [0.2, 0.25) is 0 Å². The number of aliphatic hydroxyl groups excluding tert-OH is 2. The van der Waals surface area contributed by atoms with Crippen LogP contribution in [-0.4, -0.2) is 38.3 Å². The average Bonchev–Trinajstić information content (AvgIpc) is 3.20. The maximum Gasteiger partial charge on any atom is 0.181 e. The Bertz CT molecular complexity index is 1040. The van der Waals surface area contributed by atoms with Gasteiger partial charge in [-0.1, -0.05) is 30.3 Å². The number of benzene rings is 2. The topological polar surface area (TPSA) is 129 Å². The van der Waals surface area contributed by atoms with Gasteiger partial charge in [0, 0.05) is 11.3 Å². The number of ether oxygens (including phenoxy) is 1. The zero-order valence-electron chi connectivity index (χ0n) is 15.7. The van der Waals surface area contributed by atoms with Gasteiger partial charge in [-0.25, -0.2) is 4.68 Å². The zero-order chi connectivity index (χ0) is 20.5. The van der Waals surface area contributed by atoms with Gasteiger partial charge in [0.1, 0.15) is 29.4 Å². The summed E-state index contributed by atoms with van der Waals surface area (Å²) in [4.78, 5) is 0. The van der Waals surface area contributed by atoms with Crippen molar-refractivity contribution >= 4 is 17.2 Å². The molecule has 0 amide bonds. The van der Waals surface area contributed by atoms with E-state index in [1.165, 1.54) is 4.68 Å². The summed E-state index contributed by atoms with van der Waals surface area (Å²) < 4.78 is 7.09. The monoisotopic (exact) mass is 391 g/mol. The van der Waals surface area contributed by atoms with Crippen molar-refractivity contribution in [3.05, 3.63) is 60.2 Å². The predicted octanol–water partition coefficient (Wildman–Crippen LogP) is 2.39. The molecule has 1 aliphatic heterocycles. The van der Waals surface area contributed by atoms with Gasteiger partial charge in [-0.2, -0.15) is 10.4 Å². The third-order valence-electron chi connectivity index (χ3n) is 5.00. The van der Waals surface area contributed by atoms with E-state index in [4.69, 9.17) is 15.7 Å². The van der Waals surface area contributed by atoms with Gasteiger partial charge in [-0.15, -0.1) is 0 Å². The molecule has 0 spiro atoms. The molecule has 1 fully saturated rings. The summed E-state index contributed by atoms with van der Waals surface area (Å²) in [5.41, 5.74) is 9.63. The fourth-order valence-corrected chi connectivity index (χ4v) is 3.36. The predicted molar refractivity (Wildman–Crippen MR) is 108 cm³/mol. The summed E-state index contributed by atoms with van der Waals surface area (Å²) in [7, 11) is 0. The van der Waals surface area contributed by atoms with Crippen LogP contribution in [0.2, 0.25) is 0 Å². The molecule has 0 saturated carbocycles. The van der Waals surface area contributed by atoms with Crippen LogP contribution in [-0.2, 0) is 4.74 Å². The summed E-state index contributed by atoms with van der Waals surface area (Å²) in [6, 6.07) is 18.5. The lowest BCUT2D eigenvalue weighted by atomic mass is 10.1. The standard InChI is InChI=1S/C21H21N5O3/c1-12-18(27)19(28)21(29-12)26-20(23)17(16(25-26)14-5-3-2-4-6-14)24-15-9-7-13(11-22)8-10-15/h2-10,12,18-19,21,24,27-28H,23H2,1H3/t12-,18+,19+,21+/m0/s1. The number of nitrogens with two attached hydrogens (primary N) is 1. The summed E-state index contributed by atoms with van der Waals surface area (Å²) in [6.45, 7) is 1.68. The third kappa shape index (κ3) is 3.43. The Balaban J connectivity index is 1.78. The molecular formula is C21H21N5O3. The van der Waals surface area contributed by atoms with E-state index in [0.717, 1.165) is 11.3 Å². The van der Waals surface area contributed by atoms with E-state index in [-0.39, 0.29) is 5.82 Å². The molecule has 1 saturated heterocycles. The SMILES string of the molecule is C[C@@H]1O[C@@H](n2nc(-c3ccccc3)c(Nc3ccc(C#N)cc3)c2N)[C@H](O)[C@@H]1O. The molecule has 4 rings (SSSR count). The number of aromatic nitrogens is 2. The minimum Gasteiger partial charge on any atom is -0.388 e. The van der Waals surface area contributed by atoms with E-state index in [1.54, 1.807) is 31.2 Å². The van der Waals surface area contributed by atoms with E-state index >= 15 is 0 Å². The molecule has 2 aromatic carbocycles. The van der Waals surface area contributed by atoms with Crippen LogP contribution < -0.4 is 11.1 Å². The molecule has 1 aliphatic rings. The second-order valence-corrected chi connectivity index (χ2v) is 6.95. The quantitative estimate of drug-likeness (QED) is 0.537. The van der Waals surface area contributed by atoms with Crippen LogP contribution in [0.15, 0.2) is 54.6 Å². The molecule has 5 N–H and O–H groups in total. The van der Waals surface area contributed by atoms with E-state index in [1.807, 2.05) is 30.3 Å². The van der Waals surface area contributed by atoms with Crippen LogP contribution in [0.3, 0.4) is 0 Å². The number of nitrogen functional groups attached to an aromatic ring is 1. The molecule has 8 nitrogen and oxygen atoms in total. The van der Waals surface area contributed by atoms with Gasteiger partial charge in [0.15, 0.2) is 6.23 Å². The molecule has 2 heterocycles. The molecular weight excluding hydrogens is 370 g/mol. The van der Waals surface area contributed by atoms with Crippen LogP contribution in [0.4, 0.5) is 17.2 Å². The summed E-state index contributed by atoms with van der Waals surface area (Å²) in [5.74, 6) is 0.263. The van der Waals surface area contributed by atoms with E-state index < -0.39 is 24.5 Å². The first kappa shape index (κ1) is 19.0. The van der Waals surface area contributed by atoms with Crippen LogP contribution in [0, 0.1) is 11.3 Å². The molecule has 0 radical (unpaired) electrons. The number of nitrogens with zero attached hydrogens (tertiary/aromatic N) is 3. The molecule has 148 valence electrons. The first-order chi connectivity index (χ1) is 14.0. The number of hydrogen-bond donors (Lipinski definition) is 4. The lowest BCUT2D eigenvalue weighted by molar-refractivity contribution is -0.0380. The number of nitriles is 1. The maximum atomic E-state index is 10.4. The largest absolute Gasteiger partial charge is 0.388 e. The first-order valence-electron chi connectivity index (χ1n) is 9.21. The highest BCUT2D eigenvalue weighted by Gasteiger charge is 2.43. The second kappa shape index (κ2) is 7.56. The van der Waals surface area contributed by atoms with E-state index in [0.29, 0.717) is 16.9 Å². The van der Waals surface area contributed by atoms with Crippen molar-refractivity contribution in [1.82, 2.24) is 9.78 Å². The highest BCUT2D eigenvalue weighted by molar-refractivity contribution is 5.85. The molecule has 0 aliphatic carbocycles. The lowest BCUT2D eigenvalue weighted by Gasteiger charge is -2.16. The lowest BCUT2D eigenvalue weighted by Crippen LogP contribution is -2.31. The van der Waals surface area contributed by atoms with Crippen molar-refractivity contribution < 1.29 is 14.9 Å². The first-order valence-corrected chi connectivity index (χ1v) is 9.21. The molecule has 1 aromatic heterocycles. The van der Waals surface area contributed by atoms with Crippen molar-refractivity contribution in [2.45, 2.75) is 31.5 Å². The summed E-state index contributed by atoms with van der Waals surface area (Å²) >= 11 is 0. The summed E-state index contributed by atoms with van der Waals surface area (Å²) in [6.07, 6.45) is -3.63. The fourth-order valence-electron chi connectivity index (χ4n) is 3.36. The Morgan fingerprint density at radius 2 is 1.79 bits per heavy atom. The highest BCUT2D eigenvalue weighted by Crippen LogP contribution is 2.39. The molecule has 8 heteroatoms. The van der Waals surface area contributed by atoms with E-state index in [9.17, 15) is 10.2 Å². The Kier molecular flexibility index (Phi) is 4.94. The average molecular weight is 391 g/mol. The van der Waals surface area contributed by atoms with Crippen LogP contribution >= 0.6 is 0 Å². The Morgan fingerprint density at radius 1 is 1.10 bits per heavy atom. The number of hydrogen-bond acceptors (Lipinski definition) is 7. The number of aliphatic hydroxyl groups is 2. The summed E-state index contributed by atoms with van der Waals surface area (Å²) in [5, 5.41) is 37.3. The Morgan fingerprint density at radius 3 is 2.38 bits per heavy atom. The molecule has 3 aromatic rings. The van der Waals surface area contributed by atoms with Gasteiger partial charge in [0.25, 0.3) is 0 Å². The van der Waals surface area contributed by atoms with Crippen LogP contribution in [0.1, 0.15) is 18.7 Å². The highest BCUT2D eigenvalue weighted by atomic mass is 16.6. The second-order valence-electron chi connectivity index (χ2n) is 6.95. The van der Waals surface area contributed by atoms with Crippen molar-refractivity contribution in [2.75, 3.05) is 11.1 Å². The molecule has 4 atom stereocenters. The van der Waals surface area contributed by atoms with Gasteiger partial charge < -0.3 is 26.0 Å². The molecule has 0 bridgehead atoms. The van der Waals surface area contributed by atoms with Crippen LogP contribution in [0.25, 0.3) is 11.3 Å². The normalized spacial score (nSPS) is 23.7. The van der Waals surface area contributed by atoms with Crippen LogP contribution in [0.5, 0.6) is 0 Å². The van der Waals surface area contributed by atoms with Gasteiger partial charge in [0.05, 0.1) is 17.7 Å². The van der Waals surface area contributed by atoms with Crippen molar-refractivity contribution in [2.24, 2.45) is 0 Å². The van der Waals surface area contributed by atoms with Gasteiger partial charge in [-0.05, 0) is 31.2 Å². The third-order valence-corrected chi connectivity index (χ3v) is 5.00. The molecule has 29 heavy (non-hydrogen) atoms. The molecule has 0 unspecified atom stereocenters. The Labute approximate surface area is 167 Å². The van der Waals surface area contributed by atoms with Gasteiger partial charge in [-0.3, -0.25) is 0 Å². The fraction of sp³-hybridized carbons (Fsp3) is 0.238. The maximum absolute atomic E-state index is 10.4. The number of rotatable bonds is 4. The Hall–Kier alpha value is -3.38. The number of anilines is 3. The number of nitrogens with one attached hydrogen (secondary N) is 1. The van der Waals surface area contributed by atoms with Crippen molar-refractivity contribution in [1.29, 1.82) is 5.26 Å².